The average molecular weight is 463 g/mol. The van der Waals surface area contributed by atoms with E-state index in [9.17, 15) is 9.18 Å². The zero-order valence-electron chi connectivity index (χ0n) is 18.2. The number of nitrogens with one attached hydrogen (secondary N) is 1. The number of rotatable bonds is 8. The predicted octanol–water partition coefficient (Wildman–Crippen LogP) is 5.41. The Hall–Kier alpha value is -3.65. The number of hydrogen-bond donors (Lipinski definition) is 1. The van der Waals surface area contributed by atoms with Crippen LogP contribution in [0, 0.1) is 12.7 Å². The van der Waals surface area contributed by atoms with Crippen molar-refractivity contribution in [1.82, 2.24) is 14.8 Å². The van der Waals surface area contributed by atoms with Crippen molar-refractivity contribution < 1.29 is 13.9 Å². The Morgan fingerprint density at radius 1 is 1.03 bits per heavy atom. The van der Waals surface area contributed by atoms with Crippen LogP contribution >= 0.6 is 11.8 Å². The number of thioether (sulfide) groups is 1. The fourth-order valence-corrected chi connectivity index (χ4v) is 3.99. The van der Waals surface area contributed by atoms with E-state index in [1.54, 1.807) is 18.2 Å². The smallest absolute Gasteiger partial charge is 0.237 e. The highest BCUT2D eigenvalue weighted by molar-refractivity contribution is 8.00. The zero-order chi connectivity index (χ0) is 23.2. The predicted molar refractivity (Wildman–Crippen MR) is 127 cm³/mol. The highest BCUT2D eigenvalue weighted by Gasteiger charge is 2.22. The van der Waals surface area contributed by atoms with Crippen molar-refractivity contribution in [2.75, 3.05) is 5.32 Å². The molecule has 0 saturated heterocycles. The molecule has 3 aromatic carbocycles. The van der Waals surface area contributed by atoms with Gasteiger partial charge in [-0.1, -0.05) is 59.8 Å². The molecule has 0 radical (unpaired) electrons. The molecule has 1 heterocycles. The molecule has 6 nitrogen and oxygen atoms in total. The van der Waals surface area contributed by atoms with Crippen LogP contribution in [0.2, 0.25) is 0 Å². The monoisotopic (exact) mass is 462 g/mol. The van der Waals surface area contributed by atoms with E-state index in [1.165, 1.54) is 17.8 Å². The molecule has 0 aliphatic heterocycles. The molecule has 1 atom stereocenters. The summed E-state index contributed by atoms with van der Waals surface area (Å²) in [5.74, 6) is 0.0492. The van der Waals surface area contributed by atoms with Crippen LogP contribution in [0.15, 0.2) is 84.0 Å². The van der Waals surface area contributed by atoms with Gasteiger partial charge in [0.25, 0.3) is 0 Å². The third kappa shape index (κ3) is 5.59. The first-order valence-electron chi connectivity index (χ1n) is 10.4. The Morgan fingerprint density at radius 2 is 1.73 bits per heavy atom. The number of nitrogens with zero attached hydrogens (tertiary/aromatic N) is 3. The summed E-state index contributed by atoms with van der Waals surface area (Å²) in [6.07, 6.45) is 0. The molecular weight excluding hydrogens is 439 g/mol. The first-order valence-corrected chi connectivity index (χ1v) is 11.3. The summed E-state index contributed by atoms with van der Waals surface area (Å²) in [5, 5.41) is 11.6. The van der Waals surface area contributed by atoms with Gasteiger partial charge in [-0.3, -0.25) is 9.36 Å². The molecule has 1 unspecified atom stereocenters. The lowest BCUT2D eigenvalue weighted by atomic mass is 10.2. The molecule has 4 aromatic rings. The molecular formula is C25H23FN4O2S. The van der Waals surface area contributed by atoms with Gasteiger partial charge in [0.05, 0.1) is 5.25 Å². The highest BCUT2D eigenvalue weighted by Crippen LogP contribution is 2.27. The molecule has 1 amide bonds. The maximum Gasteiger partial charge on any atom is 0.237 e. The summed E-state index contributed by atoms with van der Waals surface area (Å²) >= 11 is 1.29. The molecule has 33 heavy (non-hydrogen) atoms. The Labute approximate surface area is 195 Å². The van der Waals surface area contributed by atoms with Crippen LogP contribution in [0.3, 0.4) is 0 Å². The molecule has 0 fully saturated rings. The standard InChI is InChI=1S/C25H23FN4O2S/c1-17-12-14-19(15-13-17)27-24(31)18(2)33-25-29-28-23(30(25)20-8-4-3-5-9-20)16-32-22-11-7-6-10-21(22)26/h3-15,18H,16H2,1-2H3,(H,27,31). The van der Waals surface area contributed by atoms with E-state index in [4.69, 9.17) is 4.74 Å². The van der Waals surface area contributed by atoms with Crippen molar-refractivity contribution in [3.8, 4) is 11.4 Å². The lowest BCUT2D eigenvalue weighted by Crippen LogP contribution is -2.23. The number of benzene rings is 3. The summed E-state index contributed by atoms with van der Waals surface area (Å²) in [6, 6.07) is 23.4. The van der Waals surface area contributed by atoms with Crippen molar-refractivity contribution in [3.05, 3.63) is 96.1 Å². The Bertz CT molecular complexity index is 1230. The summed E-state index contributed by atoms with van der Waals surface area (Å²) in [4.78, 5) is 12.7. The summed E-state index contributed by atoms with van der Waals surface area (Å²) in [6.45, 7) is 3.83. The maximum atomic E-state index is 14.0. The normalized spacial score (nSPS) is 11.7. The largest absolute Gasteiger partial charge is 0.483 e. The van der Waals surface area contributed by atoms with Gasteiger partial charge in [0.2, 0.25) is 5.91 Å². The molecule has 168 valence electrons. The molecule has 0 spiro atoms. The quantitative estimate of drug-likeness (QED) is 0.355. The van der Waals surface area contributed by atoms with Crippen molar-refractivity contribution >= 4 is 23.4 Å². The van der Waals surface area contributed by atoms with Gasteiger partial charge >= 0.3 is 0 Å². The first kappa shape index (κ1) is 22.5. The van der Waals surface area contributed by atoms with Gasteiger partial charge in [-0.05, 0) is 50.2 Å². The number of halogens is 1. The number of carbonyl (C=O) groups excluding carboxylic acids is 1. The topological polar surface area (TPSA) is 69.0 Å². The number of anilines is 1. The third-order valence-corrected chi connectivity index (χ3v) is 5.92. The number of amides is 1. The molecule has 1 aromatic heterocycles. The van der Waals surface area contributed by atoms with Crippen LogP contribution in [0.1, 0.15) is 18.3 Å². The maximum absolute atomic E-state index is 14.0. The molecule has 4 rings (SSSR count). The van der Waals surface area contributed by atoms with Gasteiger partial charge in [0, 0.05) is 11.4 Å². The van der Waals surface area contributed by atoms with Gasteiger partial charge in [-0.25, -0.2) is 4.39 Å². The van der Waals surface area contributed by atoms with Gasteiger partial charge in [-0.15, -0.1) is 10.2 Å². The van der Waals surface area contributed by atoms with Crippen LogP contribution in [0.5, 0.6) is 5.75 Å². The fourth-order valence-electron chi connectivity index (χ4n) is 3.10. The van der Waals surface area contributed by atoms with E-state index in [0.717, 1.165) is 16.9 Å². The SMILES string of the molecule is Cc1ccc(NC(=O)C(C)Sc2nnc(COc3ccccc3F)n2-c2ccccc2)cc1. The summed E-state index contributed by atoms with van der Waals surface area (Å²) in [5.41, 5.74) is 2.68. The number of aromatic nitrogens is 3. The second-order valence-electron chi connectivity index (χ2n) is 7.40. The summed E-state index contributed by atoms with van der Waals surface area (Å²) in [7, 11) is 0. The minimum Gasteiger partial charge on any atom is -0.483 e. The van der Waals surface area contributed by atoms with E-state index >= 15 is 0 Å². The van der Waals surface area contributed by atoms with Crippen LogP contribution < -0.4 is 10.1 Å². The number of carbonyl (C=O) groups is 1. The van der Waals surface area contributed by atoms with E-state index in [-0.39, 0.29) is 18.3 Å². The van der Waals surface area contributed by atoms with E-state index in [2.05, 4.69) is 15.5 Å². The third-order valence-electron chi connectivity index (χ3n) is 4.88. The van der Waals surface area contributed by atoms with Gasteiger partial charge in [-0.2, -0.15) is 0 Å². The van der Waals surface area contributed by atoms with Crippen molar-refractivity contribution in [3.63, 3.8) is 0 Å². The minimum atomic E-state index is -0.445. The molecule has 0 aliphatic rings. The minimum absolute atomic E-state index is 0.0212. The number of para-hydroxylation sites is 2. The fraction of sp³-hybridized carbons (Fsp3) is 0.160. The number of aryl methyl sites for hydroxylation is 1. The number of ether oxygens (including phenoxy) is 1. The highest BCUT2D eigenvalue weighted by atomic mass is 32.2. The molecule has 1 N–H and O–H groups in total. The second kappa shape index (κ2) is 10.3. The van der Waals surface area contributed by atoms with E-state index < -0.39 is 11.1 Å². The molecule has 0 aliphatic carbocycles. The van der Waals surface area contributed by atoms with Crippen molar-refractivity contribution in [2.24, 2.45) is 0 Å². The Balaban J connectivity index is 1.54. The van der Waals surface area contributed by atoms with Gasteiger partial charge < -0.3 is 10.1 Å². The number of hydrogen-bond acceptors (Lipinski definition) is 5. The first-order chi connectivity index (χ1) is 16.0. The summed E-state index contributed by atoms with van der Waals surface area (Å²) < 4.78 is 21.4. The van der Waals surface area contributed by atoms with Crippen LogP contribution in [0.4, 0.5) is 10.1 Å². The van der Waals surface area contributed by atoms with Crippen molar-refractivity contribution in [2.45, 2.75) is 30.9 Å². The van der Waals surface area contributed by atoms with Crippen LogP contribution in [-0.2, 0) is 11.4 Å². The lowest BCUT2D eigenvalue weighted by Gasteiger charge is -2.14. The van der Waals surface area contributed by atoms with E-state index in [1.807, 2.05) is 73.0 Å². The lowest BCUT2D eigenvalue weighted by molar-refractivity contribution is -0.115. The second-order valence-corrected chi connectivity index (χ2v) is 8.71. The zero-order valence-corrected chi connectivity index (χ0v) is 19.1. The van der Waals surface area contributed by atoms with Crippen molar-refractivity contribution in [1.29, 1.82) is 0 Å². The molecule has 0 bridgehead atoms. The molecule has 8 heteroatoms. The molecule has 0 saturated carbocycles. The Kier molecular flexibility index (Phi) is 7.04. The van der Waals surface area contributed by atoms with Crippen LogP contribution in [0.25, 0.3) is 5.69 Å². The van der Waals surface area contributed by atoms with E-state index in [0.29, 0.717) is 11.0 Å². The van der Waals surface area contributed by atoms with Crippen LogP contribution in [-0.4, -0.2) is 25.9 Å². The Morgan fingerprint density at radius 3 is 2.45 bits per heavy atom. The average Bonchev–Trinajstić information content (AvgIpc) is 3.22. The van der Waals surface area contributed by atoms with Gasteiger partial charge in [0.15, 0.2) is 22.5 Å². The van der Waals surface area contributed by atoms with Gasteiger partial charge in [0.1, 0.15) is 6.61 Å².